The summed E-state index contributed by atoms with van der Waals surface area (Å²) in [7, 11) is -2.83. The predicted molar refractivity (Wildman–Crippen MR) is 49.8 cm³/mol. The number of rotatable bonds is 1. The lowest BCUT2D eigenvalue weighted by molar-refractivity contribution is 0.189. The smallest absolute Gasteiger partial charge is 0.404 e. The summed E-state index contributed by atoms with van der Waals surface area (Å²) in [6.07, 6.45) is 0.338. The quantitative estimate of drug-likeness (QED) is 0.654. The largest absolute Gasteiger partial charge is 0.465 e. The zero-order valence-electron chi connectivity index (χ0n) is 7.64. The number of nitrogens with one attached hydrogen (secondary N) is 1. The lowest BCUT2D eigenvalue weighted by Gasteiger charge is -2.09. The van der Waals surface area contributed by atoms with E-state index in [1.807, 2.05) is 0 Å². The van der Waals surface area contributed by atoms with Crippen LogP contribution in [-0.2, 0) is 9.84 Å². The Balaban J connectivity index is 1.97. The number of sulfone groups is 1. The monoisotopic (exact) mass is 219 g/mol. The minimum absolute atomic E-state index is 0.0435. The average molecular weight is 219 g/mol. The Morgan fingerprint density at radius 3 is 2.14 bits per heavy atom. The molecular weight excluding hydrogens is 206 g/mol. The van der Waals surface area contributed by atoms with E-state index in [2.05, 4.69) is 5.32 Å². The fourth-order valence-electron chi connectivity index (χ4n) is 2.63. The van der Waals surface area contributed by atoms with Crippen LogP contribution < -0.4 is 5.32 Å². The van der Waals surface area contributed by atoms with E-state index in [-0.39, 0.29) is 29.4 Å². The minimum Gasteiger partial charge on any atom is -0.465 e. The van der Waals surface area contributed by atoms with Crippen molar-refractivity contribution < 1.29 is 18.3 Å². The third-order valence-electron chi connectivity index (χ3n) is 3.10. The fourth-order valence-corrected chi connectivity index (χ4v) is 4.89. The van der Waals surface area contributed by atoms with Crippen LogP contribution in [0, 0.1) is 11.8 Å². The topological polar surface area (TPSA) is 83.5 Å². The van der Waals surface area contributed by atoms with Gasteiger partial charge in [0.2, 0.25) is 0 Å². The molecule has 0 spiro atoms. The Morgan fingerprint density at radius 1 is 1.21 bits per heavy atom. The van der Waals surface area contributed by atoms with Crippen molar-refractivity contribution in [2.45, 2.75) is 18.9 Å². The van der Waals surface area contributed by atoms with Crippen LogP contribution in [0.3, 0.4) is 0 Å². The van der Waals surface area contributed by atoms with Gasteiger partial charge in [-0.25, -0.2) is 13.2 Å². The van der Waals surface area contributed by atoms with Gasteiger partial charge >= 0.3 is 6.09 Å². The summed E-state index contributed by atoms with van der Waals surface area (Å²) in [6.45, 7) is 0. The van der Waals surface area contributed by atoms with Crippen molar-refractivity contribution in [3.8, 4) is 0 Å². The SMILES string of the molecule is O=C(O)NC1C[C@@H]2CS(=O)(=O)C[C@@H]2C1. The van der Waals surface area contributed by atoms with E-state index in [4.69, 9.17) is 5.11 Å². The lowest BCUT2D eigenvalue weighted by atomic mass is 10.0. The molecule has 0 aromatic carbocycles. The molecule has 2 rings (SSSR count). The van der Waals surface area contributed by atoms with Gasteiger partial charge in [0.15, 0.2) is 9.84 Å². The molecule has 1 unspecified atom stereocenters. The molecule has 80 valence electrons. The van der Waals surface area contributed by atoms with Crippen LogP contribution in [0.1, 0.15) is 12.8 Å². The molecule has 1 amide bonds. The molecule has 1 heterocycles. The molecule has 5 nitrogen and oxygen atoms in total. The van der Waals surface area contributed by atoms with Crippen LogP contribution in [-0.4, -0.2) is 37.2 Å². The molecule has 1 aliphatic heterocycles. The Labute approximate surface area is 82.4 Å². The first-order valence-corrected chi connectivity index (χ1v) is 6.48. The molecule has 1 saturated carbocycles. The molecular formula is C8H13NO4S. The predicted octanol–water partition coefficient (Wildman–Crippen LogP) is 0.0772. The first kappa shape index (κ1) is 9.76. The molecule has 14 heavy (non-hydrogen) atoms. The van der Waals surface area contributed by atoms with Gasteiger partial charge in [-0.05, 0) is 24.7 Å². The van der Waals surface area contributed by atoms with Gasteiger partial charge in [-0.15, -0.1) is 0 Å². The second-order valence-corrected chi connectivity index (χ2v) is 6.37. The highest BCUT2D eigenvalue weighted by atomic mass is 32.2. The fraction of sp³-hybridized carbons (Fsp3) is 0.875. The standard InChI is InChI=1S/C8H13NO4S/c10-8(11)9-7-1-5-3-14(12,13)4-6(5)2-7/h5-7,9H,1-4H2,(H,10,11)/t5-,6+,7?. The van der Waals surface area contributed by atoms with E-state index < -0.39 is 15.9 Å². The average Bonchev–Trinajstić information content (AvgIpc) is 2.38. The van der Waals surface area contributed by atoms with Crippen molar-refractivity contribution >= 4 is 15.9 Å². The number of amides is 1. The van der Waals surface area contributed by atoms with Crippen molar-refractivity contribution in [1.29, 1.82) is 0 Å². The van der Waals surface area contributed by atoms with E-state index in [0.717, 1.165) is 0 Å². The molecule has 0 radical (unpaired) electrons. The van der Waals surface area contributed by atoms with Crippen molar-refractivity contribution in [3.05, 3.63) is 0 Å². The van der Waals surface area contributed by atoms with Gasteiger partial charge in [-0.3, -0.25) is 0 Å². The molecule has 2 fully saturated rings. The summed E-state index contributed by atoms with van der Waals surface area (Å²) < 4.78 is 22.5. The van der Waals surface area contributed by atoms with Gasteiger partial charge in [0, 0.05) is 6.04 Å². The molecule has 0 aromatic heterocycles. The summed E-state index contributed by atoms with van der Waals surface area (Å²) >= 11 is 0. The van der Waals surface area contributed by atoms with Gasteiger partial charge < -0.3 is 10.4 Å². The Bertz CT molecular complexity index is 330. The van der Waals surface area contributed by atoms with E-state index in [1.54, 1.807) is 0 Å². The number of hydrogen-bond donors (Lipinski definition) is 2. The Kier molecular flexibility index (Phi) is 2.17. The summed E-state index contributed by atoms with van der Waals surface area (Å²) in [6, 6.07) is -0.0435. The van der Waals surface area contributed by atoms with E-state index in [0.29, 0.717) is 12.8 Å². The number of carbonyl (C=O) groups is 1. The first-order valence-electron chi connectivity index (χ1n) is 4.66. The molecule has 3 atom stereocenters. The van der Waals surface area contributed by atoms with Crippen LogP contribution >= 0.6 is 0 Å². The summed E-state index contributed by atoms with van der Waals surface area (Å²) in [5.74, 6) is 0.846. The van der Waals surface area contributed by atoms with Gasteiger partial charge in [-0.1, -0.05) is 0 Å². The normalized spacial score (nSPS) is 39.3. The highest BCUT2D eigenvalue weighted by molar-refractivity contribution is 7.91. The highest BCUT2D eigenvalue weighted by Gasteiger charge is 2.44. The minimum atomic E-state index is -2.83. The highest BCUT2D eigenvalue weighted by Crippen LogP contribution is 2.39. The van der Waals surface area contributed by atoms with Gasteiger partial charge in [0.1, 0.15) is 0 Å². The van der Waals surface area contributed by atoms with Crippen molar-refractivity contribution in [2.24, 2.45) is 11.8 Å². The third-order valence-corrected chi connectivity index (χ3v) is 4.98. The maximum Gasteiger partial charge on any atom is 0.404 e. The maximum absolute atomic E-state index is 11.2. The molecule has 6 heteroatoms. The zero-order chi connectivity index (χ0) is 10.3. The molecule has 0 aromatic rings. The second-order valence-electron chi connectivity index (χ2n) is 4.21. The summed E-state index contributed by atoms with van der Waals surface area (Å²) in [5, 5.41) is 10.9. The zero-order valence-corrected chi connectivity index (χ0v) is 8.46. The van der Waals surface area contributed by atoms with Crippen LogP contribution in [0.4, 0.5) is 4.79 Å². The Hall–Kier alpha value is -0.780. The molecule has 0 bridgehead atoms. The maximum atomic E-state index is 11.2. The number of carboxylic acid groups (broad SMARTS) is 1. The van der Waals surface area contributed by atoms with E-state index in [9.17, 15) is 13.2 Å². The molecule has 1 aliphatic carbocycles. The van der Waals surface area contributed by atoms with Gasteiger partial charge in [0.05, 0.1) is 11.5 Å². The van der Waals surface area contributed by atoms with E-state index in [1.165, 1.54) is 0 Å². The van der Waals surface area contributed by atoms with Crippen LogP contribution in [0.25, 0.3) is 0 Å². The first-order chi connectivity index (χ1) is 6.46. The van der Waals surface area contributed by atoms with Crippen molar-refractivity contribution in [3.63, 3.8) is 0 Å². The lowest BCUT2D eigenvalue weighted by Crippen LogP contribution is -2.32. The van der Waals surface area contributed by atoms with Gasteiger partial charge in [-0.2, -0.15) is 0 Å². The summed E-state index contributed by atoms with van der Waals surface area (Å²) in [4.78, 5) is 10.4. The molecule has 1 saturated heterocycles. The van der Waals surface area contributed by atoms with Crippen molar-refractivity contribution in [2.75, 3.05) is 11.5 Å². The van der Waals surface area contributed by atoms with E-state index >= 15 is 0 Å². The third kappa shape index (κ3) is 1.84. The summed E-state index contributed by atoms with van der Waals surface area (Å²) in [5.41, 5.74) is 0. The van der Waals surface area contributed by atoms with Gasteiger partial charge in [0.25, 0.3) is 0 Å². The number of fused-ring (bicyclic) bond motifs is 1. The number of hydrogen-bond acceptors (Lipinski definition) is 3. The van der Waals surface area contributed by atoms with Crippen LogP contribution in [0.5, 0.6) is 0 Å². The molecule has 2 aliphatic rings. The van der Waals surface area contributed by atoms with Crippen LogP contribution in [0.2, 0.25) is 0 Å². The molecule has 2 N–H and O–H groups in total. The Morgan fingerprint density at radius 2 is 1.71 bits per heavy atom. The second kappa shape index (κ2) is 3.12. The van der Waals surface area contributed by atoms with Crippen molar-refractivity contribution in [1.82, 2.24) is 5.32 Å². The van der Waals surface area contributed by atoms with Crippen LogP contribution in [0.15, 0.2) is 0 Å².